The van der Waals surface area contributed by atoms with Crippen LogP contribution in [0.25, 0.3) is 93.8 Å². The van der Waals surface area contributed by atoms with Crippen molar-refractivity contribution in [2.45, 2.75) is 0 Å². The summed E-state index contributed by atoms with van der Waals surface area (Å²) in [6.45, 7) is 0. The Labute approximate surface area is 277 Å². The van der Waals surface area contributed by atoms with Gasteiger partial charge in [0.2, 0.25) is 0 Å². The summed E-state index contributed by atoms with van der Waals surface area (Å²) in [5.74, 6) is 0.932. The van der Waals surface area contributed by atoms with Crippen LogP contribution in [0, 0.1) is 0 Å². The number of benzene rings is 8. The third kappa shape index (κ3) is 4.04. The first-order valence-corrected chi connectivity index (χ1v) is 16.3. The average molecular weight is 613 g/mol. The minimum Gasteiger partial charge on any atom is -0.456 e. The van der Waals surface area contributed by atoms with Crippen LogP contribution < -0.4 is 0 Å². The number of nitrogens with zero attached hydrogens (tertiary/aromatic N) is 2. The van der Waals surface area contributed by atoms with Gasteiger partial charge in [0.1, 0.15) is 17.0 Å². The molecule has 3 nitrogen and oxygen atoms in total. The molecule has 0 saturated heterocycles. The van der Waals surface area contributed by atoms with E-state index in [1.54, 1.807) is 0 Å². The molecule has 224 valence electrons. The number of hydrogen-bond acceptors (Lipinski definition) is 2. The summed E-state index contributed by atoms with van der Waals surface area (Å²) in [7, 11) is 0. The maximum atomic E-state index is 6.19. The molecule has 3 heteroatoms. The number of aromatic nitrogens is 2. The zero-order valence-electron chi connectivity index (χ0n) is 26.0. The van der Waals surface area contributed by atoms with Crippen LogP contribution in [0.5, 0.6) is 0 Å². The van der Waals surface area contributed by atoms with E-state index in [4.69, 9.17) is 9.40 Å². The molecule has 0 atom stereocenters. The van der Waals surface area contributed by atoms with Gasteiger partial charge in [0.15, 0.2) is 0 Å². The van der Waals surface area contributed by atoms with E-state index in [0.29, 0.717) is 0 Å². The number of hydrogen-bond donors (Lipinski definition) is 0. The van der Waals surface area contributed by atoms with Gasteiger partial charge in [-0.1, -0.05) is 127 Å². The maximum absolute atomic E-state index is 6.19. The zero-order chi connectivity index (χ0) is 31.6. The molecule has 0 amide bonds. The van der Waals surface area contributed by atoms with Crippen LogP contribution in [-0.2, 0) is 0 Å². The first-order valence-electron chi connectivity index (χ1n) is 16.3. The highest BCUT2D eigenvalue weighted by Gasteiger charge is 2.19. The van der Waals surface area contributed by atoms with E-state index in [1.165, 1.54) is 43.8 Å². The van der Waals surface area contributed by atoms with Gasteiger partial charge in [-0.25, -0.2) is 4.98 Å². The van der Waals surface area contributed by atoms with Crippen LogP contribution in [0.1, 0.15) is 0 Å². The molecule has 0 aliphatic heterocycles. The van der Waals surface area contributed by atoms with Crippen molar-refractivity contribution in [1.29, 1.82) is 0 Å². The van der Waals surface area contributed by atoms with Crippen LogP contribution in [0.2, 0.25) is 0 Å². The normalized spacial score (nSPS) is 11.8. The molecule has 0 fully saturated rings. The molecule has 2 heterocycles. The molecule has 0 unspecified atom stereocenters. The minimum atomic E-state index is 0.906. The third-order valence-electron chi connectivity index (χ3n) is 9.58. The summed E-state index contributed by atoms with van der Waals surface area (Å²) in [6.07, 6.45) is 0. The van der Waals surface area contributed by atoms with Gasteiger partial charge in [-0.05, 0) is 86.3 Å². The van der Waals surface area contributed by atoms with Crippen molar-refractivity contribution in [3.8, 4) is 39.3 Å². The lowest BCUT2D eigenvalue weighted by Crippen LogP contribution is -1.98. The van der Waals surface area contributed by atoms with Crippen LogP contribution in [0.3, 0.4) is 0 Å². The lowest BCUT2D eigenvalue weighted by molar-refractivity contribution is 0.669. The fourth-order valence-electron chi connectivity index (χ4n) is 7.50. The van der Waals surface area contributed by atoms with Crippen LogP contribution in [0.15, 0.2) is 174 Å². The summed E-state index contributed by atoms with van der Waals surface area (Å²) in [6, 6.07) is 60.3. The largest absolute Gasteiger partial charge is 0.456 e. The molecule has 48 heavy (non-hydrogen) atoms. The predicted molar refractivity (Wildman–Crippen MR) is 200 cm³/mol. The molecule has 2 aromatic heterocycles. The standard InChI is InChI=1S/C45H28N2O/c1-2-13-29(14-3-1)45-46-39-22-9-10-23-40(39)47(45)32-16-12-15-30(27-32)43-34-18-4-6-20-36(34)44(37-21-7-5-19-35(37)43)31-25-26-42-38(28-31)33-17-8-11-24-41(33)48-42/h1-28H. The number of para-hydroxylation sites is 3. The molecule has 0 saturated carbocycles. The Bertz CT molecular complexity index is 2780. The second kappa shape index (κ2) is 10.5. The van der Waals surface area contributed by atoms with E-state index >= 15 is 0 Å². The molecule has 10 rings (SSSR count). The quantitative estimate of drug-likeness (QED) is 0.185. The van der Waals surface area contributed by atoms with Crippen LogP contribution >= 0.6 is 0 Å². The highest BCUT2D eigenvalue weighted by atomic mass is 16.3. The van der Waals surface area contributed by atoms with Crippen LogP contribution in [-0.4, -0.2) is 9.55 Å². The lowest BCUT2D eigenvalue weighted by Gasteiger charge is -2.18. The van der Waals surface area contributed by atoms with Crippen molar-refractivity contribution < 1.29 is 4.42 Å². The highest BCUT2D eigenvalue weighted by molar-refractivity contribution is 6.22. The first kappa shape index (κ1) is 26.7. The molecule has 0 radical (unpaired) electrons. The molecule has 0 aliphatic rings. The molecule has 8 aromatic carbocycles. The Balaban J connectivity index is 1.23. The van der Waals surface area contributed by atoms with Gasteiger partial charge in [-0.15, -0.1) is 0 Å². The second-order valence-electron chi connectivity index (χ2n) is 12.3. The van der Waals surface area contributed by atoms with Gasteiger partial charge < -0.3 is 4.42 Å². The van der Waals surface area contributed by atoms with Crippen molar-refractivity contribution >= 4 is 54.5 Å². The smallest absolute Gasteiger partial charge is 0.145 e. The fraction of sp³-hybridized carbons (Fsp3) is 0. The van der Waals surface area contributed by atoms with Crippen molar-refractivity contribution in [2.24, 2.45) is 0 Å². The SMILES string of the molecule is c1ccc(-c2nc3ccccc3n2-c2cccc(-c3c4ccccc4c(-c4ccc5oc6ccccc6c5c4)c4ccccc34)c2)cc1. The lowest BCUT2D eigenvalue weighted by atomic mass is 9.85. The Kier molecular flexibility index (Phi) is 5.87. The van der Waals surface area contributed by atoms with Crippen LogP contribution in [0.4, 0.5) is 0 Å². The minimum absolute atomic E-state index is 0.906. The molecular weight excluding hydrogens is 585 g/mol. The monoisotopic (exact) mass is 612 g/mol. The van der Waals surface area contributed by atoms with Crippen molar-refractivity contribution in [2.75, 3.05) is 0 Å². The maximum Gasteiger partial charge on any atom is 0.145 e. The molecule has 10 aromatic rings. The summed E-state index contributed by atoms with van der Waals surface area (Å²) in [5, 5.41) is 7.16. The zero-order valence-corrected chi connectivity index (χ0v) is 26.0. The topological polar surface area (TPSA) is 31.0 Å². The number of fused-ring (bicyclic) bond motifs is 6. The van der Waals surface area contributed by atoms with E-state index in [9.17, 15) is 0 Å². The Hall–Kier alpha value is -6.45. The summed E-state index contributed by atoms with van der Waals surface area (Å²) in [4.78, 5) is 5.10. The average Bonchev–Trinajstić information content (AvgIpc) is 3.73. The molecular formula is C45H28N2O. The van der Waals surface area contributed by atoms with Gasteiger partial charge in [-0.3, -0.25) is 4.57 Å². The van der Waals surface area contributed by atoms with Gasteiger partial charge in [0.25, 0.3) is 0 Å². The summed E-state index contributed by atoms with van der Waals surface area (Å²) < 4.78 is 8.48. The number of rotatable bonds is 4. The Morgan fingerprint density at radius 2 is 0.958 bits per heavy atom. The van der Waals surface area contributed by atoms with E-state index in [1.807, 2.05) is 18.2 Å². The molecule has 0 bridgehead atoms. The summed E-state index contributed by atoms with van der Waals surface area (Å²) in [5.41, 5.74) is 10.9. The van der Waals surface area contributed by atoms with Gasteiger partial charge in [0.05, 0.1) is 11.0 Å². The van der Waals surface area contributed by atoms with E-state index in [2.05, 4.69) is 156 Å². The van der Waals surface area contributed by atoms with Gasteiger partial charge >= 0.3 is 0 Å². The van der Waals surface area contributed by atoms with Gasteiger partial charge in [-0.2, -0.15) is 0 Å². The van der Waals surface area contributed by atoms with Crippen molar-refractivity contribution in [3.63, 3.8) is 0 Å². The number of imidazole rings is 1. The number of furan rings is 1. The first-order chi connectivity index (χ1) is 23.8. The Morgan fingerprint density at radius 1 is 0.396 bits per heavy atom. The molecule has 0 N–H and O–H groups in total. The third-order valence-corrected chi connectivity index (χ3v) is 9.58. The summed E-state index contributed by atoms with van der Waals surface area (Å²) >= 11 is 0. The predicted octanol–water partition coefficient (Wildman–Crippen LogP) is 12.2. The Morgan fingerprint density at radius 3 is 1.69 bits per heavy atom. The highest BCUT2D eigenvalue weighted by Crippen LogP contribution is 2.45. The van der Waals surface area contributed by atoms with E-state index in [0.717, 1.165) is 50.0 Å². The molecule has 0 aliphatic carbocycles. The molecule has 0 spiro atoms. The van der Waals surface area contributed by atoms with E-state index < -0.39 is 0 Å². The fourth-order valence-corrected chi connectivity index (χ4v) is 7.50. The van der Waals surface area contributed by atoms with E-state index in [-0.39, 0.29) is 0 Å². The second-order valence-corrected chi connectivity index (χ2v) is 12.3. The van der Waals surface area contributed by atoms with Gasteiger partial charge in [0, 0.05) is 22.0 Å². The van der Waals surface area contributed by atoms with Crippen molar-refractivity contribution in [3.05, 3.63) is 170 Å². The van der Waals surface area contributed by atoms with Crippen molar-refractivity contribution in [1.82, 2.24) is 9.55 Å².